The average molecular weight is 185 g/mol. The molecule has 4 N–H and O–H groups in total. The molecule has 4 nitrogen and oxygen atoms in total. The van der Waals surface area contributed by atoms with Crippen LogP contribution in [0, 0.1) is 0 Å². The highest BCUT2D eigenvalue weighted by molar-refractivity contribution is 5.85. The van der Waals surface area contributed by atoms with Crippen molar-refractivity contribution in [2.75, 3.05) is 6.54 Å². The highest BCUT2D eigenvalue weighted by Crippen LogP contribution is 2.26. The van der Waals surface area contributed by atoms with E-state index in [1.165, 1.54) is 0 Å². The zero-order chi connectivity index (χ0) is 10.2. The topological polar surface area (TPSA) is 72.3 Å². The molecule has 2 unspecified atom stereocenters. The van der Waals surface area contributed by atoms with Gasteiger partial charge in [0.1, 0.15) is 5.54 Å². The summed E-state index contributed by atoms with van der Waals surface area (Å²) < 4.78 is 0. The van der Waals surface area contributed by atoms with Crippen LogP contribution in [0.25, 0.3) is 0 Å². The first-order valence-corrected chi connectivity index (χ1v) is 4.71. The number of primary amides is 1. The largest absolute Gasteiger partial charge is 0.368 e. The van der Waals surface area contributed by atoms with Crippen molar-refractivity contribution in [2.45, 2.75) is 44.8 Å². The SMILES string of the molecule is CC(C)N1CC(N)(C(N)=O)CC1C. The lowest BCUT2D eigenvalue weighted by atomic mass is 9.97. The second-order valence-corrected chi connectivity index (χ2v) is 4.34. The van der Waals surface area contributed by atoms with Crippen LogP contribution in [0.3, 0.4) is 0 Å². The van der Waals surface area contributed by atoms with E-state index in [2.05, 4.69) is 25.7 Å². The Kier molecular flexibility index (Phi) is 2.63. The zero-order valence-corrected chi connectivity index (χ0v) is 8.58. The number of nitrogens with zero attached hydrogens (tertiary/aromatic N) is 1. The fraction of sp³-hybridized carbons (Fsp3) is 0.889. The lowest BCUT2D eigenvalue weighted by Gasteiger charge is -2.26. The van der Waals surface area contributed by atoms with Gasteiger partial charge in [0.05, 0.1) is 0 Å². The minimum absolute atomic E-state index is 0.345. The number of carbonyl (C=O) groups excluding carboxylic acids is 1. The third kappa shape index (κ3) is 1.84. The van der Waals surface area contributed by atoms with E-state index in [0.29, 0.717) is 25.0 Å². The van der Waals surface area contributed by atoms with Crippen LogP contribution in [0.2, 0.25) is 0 Å². The number of carbonyl (C=O) groups is 1. The normalized spacial score (nSPS) is 35.6. The molecule has 0 bridgehead atoms. The van der Waals surface area contributed by atoms with Crippen LogP contribution in [0.5, 0.6) is 0 Å². The fourth-order valence-corrected chi connectivity index (χ4v) is 2.06. The van der Waals surface area contributed by atoms with E-state index in [4.69, 9.17) is 11.5 Å². The molecule has 76 valence electrons. The second-order valence-electron chi connectivity index (χ2n) is 4.34. The Hall–Kier alpha value is -0.610. The molecule has 1 aliphatic heterocycles. The van der Waals surface area contributed by atoms with Crippen molar-refractivity contribution in [1.29, 1.82) is 0 Å². The van der Waals surface area contributed by atoms with Crippen molar-refractivity contribution in [3.05, 3.63) is 0 Å². The lowest BCUT2D eigenvalue weighted by molar-refractivity contribution is -0.122. The van der Waals surface area contributed by atoms with Crippen molar-refractivity contribution in [3.63, 3.8) is 0 Å². The Morgan fingerprint density at radius 3 is 2.38 bits per heavy atom. The molecule has 1 heterocycles. The molecule has 1 aliphatic rings. The Morgan fingerprint density at radius 1 is 1.62 bits per heavy atom. The van der Waals surface area contributed by atoms with Crippen molar-refractivity contribution >= 4 is 5.91 Å². The van der Waals surface area contributed by atoms with Crippen LogP contribution in [-0.2, 0) is 4.79 Å². The van der Waals surface area contributed by atoms with Gasteiger partial charge in [0.2, 0.25) is 5.91 Å². The standard InChI is InChI=1S/C9H19N3O/c1-6(2)12-5-9(11,8(10)13)4-7(12)3/h6-7H,4-5,11H2,1-3H3,(H2,10,13). The number of likely N-dealkylation sites (tertiary alicyclic amines) is 1. The van der Waals surface area contributed by atoms with E-state index in [9.17, 15) is 4.79 Å². The summed E-state index contributed by atoms with van der Waals surface area (Å²) in [4.78, 5) is 13.3. The van der Waals surface area contributed by atoms with Crippen LogP contribution in [0.1, 0.15) is 27.2 Å². The van der Waals surface area contributed by atoms with Gasteiger partial charge in [-0.2, -0.15) is 0 Å². The zero-order valence-electron chi connectivity index (χ0n) is 8.58. The minimum atomic E-state index is -0.816. The first-order valence-electron chi connectivity index (χ1n) is 4.71. The highest BCUT2D eigenvalue weighted by atomic mass is 16.1. The molecule has 1 fully saturated rings. The Labute approximate surface area is 79.3 Å². The Morgan fingerprint density at radius 2 is 2.15 bits per heavy atom. The van der Waals surface area contributed by atoms with Gasteiger partial charge in [0.15, 0.2) is 0 Å². The van der Waals surface area contributed by atoms with Gasteiger partial charge >= 0.3 is 0 Å². The summed E-state index contributed by atoms with van der Waals surface area (Å²) in [5.41, 5.74) is 10.4. The third-order valence-electron chi connectivity index (χ3n) is 2.84. The summed E-state index contributed by atoms with van der Waals surface area (Å²) in [6.07, 6.45) is 0.667. The van der Waals surface area contributed by atoms with E-state index in [0.717, 1.165) is 0 Å². The Bertz CT molecular complexity index is 217. The molecule has 0 saturated carbocycles. The lowest BCUT2D eigenvalue weighted by Crippen LogP contribution is -2.54. The fourth-order valence-electron chi connectivity index (χ4n) is 2.06. The predicted molar refractivity (Wildman–Crippen MR) is 52.0 cm³/mol. The molecule has 0 aliphatic carbocycles. The number of rotatable bonds is 2. The van der Waals surface area contributed by atoms with Gasteiger partial charge in [-0.05, 0) is 27.2 Å². The molecule has 13 heavy (non-hydrogen) atoms. The third-order valence-corrected chi connectivity index (χ3v) is 2.84. The molecular formula is C9H19N3O. The van der Waals surface area contributed by atoms with Gasteiger partial charge in [0.25, 0.3) is 0 Å². The summed E-state index contributed by atoms with van der Waals surface area (Å²) in [6, 6.07) is 0.761. The van der Waals surface area contributed by atoms with Gasteiger partial charge < -0.3 is 11.5 Å². The van der Waals surface area contributed by atoms with Crippen LogP contribution in [0.4, 0.5) is 0 Å². The highest BCUT2D eigenvalue weighted by Gasteiger charge is 2.44. The molecule has 1 rings (SSSR count). The van der Waals surface area contributed by atoms with E-state index in [1.54, 1.807) is 0 Å². The molecule has 0 aromatic rings. The molecule has 0 radical (unpaired) electrons. The van der Waals surface area contributed by atoms with Gasteiger partial charge in [-0.25, -0.2) is 0 Å². The molecular weight excluding hydrogens is 166 g/mol. The summed E-state index contributed by atoms with van der Waals surface area (Å²) in [7, 11) is 0. The van der Waals surface area contributed by atoms with E-state index in [-0.39, 0.29) is 5.91 Å². The van der Waals surface area contributed by atoms with Crippen LogP contribution < -0.4 is 11.5 Å². The molecule has 0 aromatic heterocycles. The van der Waals surface area contributed by atoms with Crippen LogP contribution in [0.15, 0.2) is 0 Å². The molecule has 1 amide bonds. The van der Waals surface area contributed by atoms with Gasteiger partial charge in [0, 0.05) is 18.6 Å². The van der Waals surface area contributed by atoms with E-state index in [1.807, 2.05) is 0 Å². The van der Waals surface area contributed by atoms with Crippen molar-refractivity contribution in [1.82, 2.24) is 4.90 Å². The predicted octanol–water partition coefficient (Wildman–Crippen LogP) is -0.328. The molecule has 0 aromatic carbocycles. The average Bonchev–Trinajstić information content (AvgIpc) is 2.28. The Balaban J connectivity index is 2.75. The number of hydrogen-bond acceptors (Lipinski definition) is 3. The number of nitrogens with two attached hydrogens (primary N) is 2. The van der Waals surface area contributed by atoms with E-state index >= 15 is 0 Å². The first-order chi connectivity index (χ1) is 5.87. The van der Waals surface area contributed by atoms with Crippen molar-refractivity contribution in [3.8, 4) is 0 Å². The summed E-state index contributed by atoms with van der Waals surface area (Å²) in [6.45, 7) is 6.87. The molecule has 2 atom stereocenters. The maximum atomic E-state index is 11.1. The van der Waals surface area contributed by atoms with Crippen molar-refractivity contribution in [2.24, 2.45) is 11.5 Å². The quantitative estimate of drug-likeness (QED) is 0.619. The molecule has 1 saturated heterocycles. The molecule has 0 spiro atoms. The van der Waals surface area contributed by atoms with E-state index < -0.39 is 5.54 Å². The maximum absolute atomic E-state index is 11.1. The summed E-state index contributed by atoms with van der Waals surface area (Å²) >= 11 is 0. The molecule has 4 heteroatoms. The monoisotopic (exact) mass is 185 g/mol. The van der Waals surface area contributed by atoms with Crippen LogP contribution in [-0.4, -0.2) is 35.0 Å². The first kappa shape index (κ1) is 10.5. The number of amides is 1. The van der Waals surface area contributed by atoms with Gasteiger partial charge in [-0.3, -0.25) is 9.69 Å². The number of hydrogen-bond donors (Lipinski definition) is 2. The smallest absolute Gasteiger partial charge is 0.238 e. The summed E-state index contributed by atoms with van der Waals surface area (Å²) in [5, 5.41) is 0. The maximum Gasteiger partial charge on any atom is 0.238 e. The second kappa shape index (κ2) is 3.27. The summed E-state index contributed by atoms with van der Waals surface area (Å²) in [5.74, 6) is -0.387. The minimum Gasteiger partial charge on any atom is -0.368 e. The van der Waals surface area contributed by atoms with Gasteiger partial charge in [-0.1, -0.05) is 0 Å². The van der Waals surface area contributed by atoms with Crippen LogP contribution >= 0.6 is 0 Å². The van der Waals surface area contributed by atoms with Gasteiger partial charge in [-0.15, -0.1) is 0 Å². The van der Waals surface area contributed by atoms with Crippen molar-refractivity contribution < 1.29 is 4.79 Å².